The topological polar surface area (TPSA) is 99.3 Å². The van der Waals surface area contributed by atoms with Crippen molar-refractivity contribution < 1.29 is 18.3 Å². The third-order valence-corrected chi connectivity index (χ3v) is 5.56. The van der Waals surface area contributed by atoms with E-state index in [0.29, 0.717) is 38.2 Å². The van der Waals surface area contributed by atoms with Gasteiger partial charge in [0.05, 0.1) is 25.3 Å². The molecule has 10 heteroatoms. The van der Waals surface area contributed by atoms with Crippen molar-refractivity contribution in [2.24, 2.45) is 0 Å². The van der Waals surface area contributed by atoms with Gasteiger partial charge in [-0.2, -0.15) is 9.97 Å². The number of pyridine rings is 1. The highest BCUT2D eigenvalue weighted by molar-refractivity contribution is 5.63. The predicted molar refractivity (Wildman–Crippen MR) is 107 cm³/mol. The van der Waals surface area contributed by atoms with E-state index in [2.05, 4.69) is 19.9 Å². The largest absolute Gasteiger partial charge is 0.384 e. The second-order valence-electron chi connectivity index (χ2n) is 7.84. The Morgan fingerprint density at radius 3 is 2.43 bits per heavy atom. The molecule has 2 aliphatic heterocycles. The minimum Gasteiger partial charge on any atom is -0.384 e. The van der Waals surface area contributed by atoms with Gasteiger partial charge in [0, 0.05) is 36.5 Å². The third kappa shape index (κ3) is 4.20. The van der Waals surface area contributed by atoms with Crippen LogP contribution in [0.4, 0.5) is 20.5 Å². The molecule has 2 atom stereocenters. The second kappa shape index (κ2) is 8.73. The molecule has 162 valence electrons. The van der Waals surface area contributed by atoms with E-state index in [1.54, 1.807) is 0 Å². The SMILES string of the molecule is C[C@@H]1COC[C@H](C)N1c1nc(-c2cnc(N)cc2C(F)F)nc(C2CCOCC2)n1. The molecule has 2 saturated heterocycles. The van der Waals surface area contributed by atoms with Crippen LogP contribution in [0.2, 0.25) is 0 Å². The molecule has 0 amide bonds. The van der Waals surface area contributed by atoms with Crippen LogP contribution in [-0.4, -0.2) is 58.4 Å². The molecule has 2 aromatic rings. The molecule has 2 N–H and O–H groups in total. The average Bonchev–Trinajstić information content (AvgIpc) is 2.74. The summed E-state index contributed by atoms with van der Waals surface area (Å²) in [7, 11) is 0. The molecule has 0 bridgehead atoms. The van der Waals surface area contributed by atoms with Crippen LogP contribution in [0.3, 0.4) is 0 Å². The molecule has 0 aromatic carbocycles. The van der Waals surface area contributed by atoms with Gasteiger partial charge in [-0.05, 0) is 32.8 Å². The highest BCUT2D eigenvalue weighted by Gasteiger charge is 2.31. The maximum absolute atomic E-state index is 13.7. The highest BCUT2D eigenvalue weighted by atomic mass is 19.3. The lowest BCUT2D eigenvalue weighted by molar-refractivity contribution is 0.0743. The maximum atomic E-state index is 13.7. The van der Waals surface area contributed by atoms with Gasteiger partial charge in [0.2, 0.25) is 5.95 Å². The molecule has 4 rings (SSSR count). The van der Waals surface area contributed by atoms with Gasteiger partial charge in [0.15, 0.2) is 5.82 Å². The van der Waals surface area contributed by atoms with Crippen molar-refractivity contribution >= 4 is 11.8 Å². The molecule has 0 unspecified atom stereocenters. The summed E-state index contributed by atoms with van der Waals surface area (Å²) >= 11 is 0. The number of nitrogens with two attached hydrogens (primary N) is 1. The monoisotopic (exact) mass is 420 g/mol. The number of ether oxygens (including phenoxy) is 2. The number of alkyl halides is 2. The number of nitrogens with zero attached hydrogens (tertiary/aromatic N) is 5. The number of rotatable bonds is 4. The van der Waals surface area contributed by atoms with Crippen molar-refractivity contribution in [1.82, 2.24) is 19.9 Å². The lowest BCUT2D eigenvalue weighted by atomic mass is 9.99. The van der Waals surface area contributed by atoms with Crippen LogP contribution in [0.15, 0.2) is 12.3 Å². The summed E-state index contributed by atoms with van der Waals surface area (Å²) in [5.41, 5.74) is 5.58. The molecule has 2 aromatic heterocycles. The number of halogens is 2. The summed E-state index contributed by atoms with van der Waals surface area (Å²) in [4.78, 5) is 20.0. The fourth-order valence-electron chi connectivity index (χ4n) is 4.01. The first-order valence-electron chi connectivity index (χ1n) is 10.2. The van der Waals surface area contributed by atoms with Crippen LogP contribution < -0.4 is 10.6 Å². The predicted octanol–water partition coefficient (Wildman–Crippen LogP) is 2.96. The maximum Gasteiger partial charge on any atom is 0.264 e. The first-order valence-corrected chi connectivity index (χ1v) is 10.2. The van der Waals surface area contributed by atoms with Crippen molar-refractivity contribution in [3.63, 3.8) is 0 Å². The zero-order chi connectivity index (χ0) is 21.3. The third-order valence-electron chi connectivity index (χ3n) is 5.56. The second-order valence-corrected chi connectivity index (χ2v) is 7.84. The van der Waals surface area contributed by atoms with Gasteiger partial charge < -0.3 is 20.1 Å². The van der Waals surface area contributed by atoms with E-state index in [1.807, 2.05) is 13.8 Å². The summed E-state index contributed by atoms with van der Waals surface area (Å²) in [6, 6.07) is 1.27. The number of nitrogen functional groups attached to an aromatic ring is 1. The highest BCUT2D eigenvalue weighted by Crippen LogP contribution is 2.33. The molecule has 8 nitrogen and oxygen atoms in total. The van der Waals surface area contributed by atoms with Gasteiger partial charge in [-0.1, -0.05) is 0 Å². The Balaban J connectivity index is 1.84. The van der Waals surface area contributed by atoms with Crippen molar-refractivity contribution in [2.75, 3.05) is 37.1 Å². The lowest BCUT2D eigenvalue weighted by Gasteiger charge is -2.39. The van der Waals surface area contributed by atoms with E-state index in [1.165, 1.54) is 12.3 Å². The molecule has 2 fully saturated rings. The smallest absolute Gasteiger partial charge is 0.264 e. The van der Waals surface area contributed by atoms with Crippen molar-refractivity contribution in [2.45, 2.75) is 51.1 Å². The summed E-state index contributed by atoms with van der Waals surface area (Å²) in [5, 5.41) is 0. The van der Waals surface area contributed by atoms with Crippen LogP contribution in [0.5, 0.6) is 0 Å². The van der Waals surface area contributed by atoms with Crippen LogP contribution >= 0.6 is 0 Å². The molecule has 2 aliphatic rings. The average molecular weight is 420 g/mol. The molecular weight excluding hydrogens is 394 g/mol. The molecule has 4 heterocycles. The van der Waals surface area contributed by atoms with Crippen molar-refractivity contribution in [1.29, 1.82) is 0 Å². The van der Waals surface area contributed by atoms with Gasteiger partial charge in [0.1, 0.15) is 11.6 Å². The molecule has 30 heavy (non-hydrogen) atoms. The number of hydrogen-bond donors (Lipinski definition) is 1. The Morgan fingerprint density at radius 1 is 1.07 bits per heavy atom. The van der Waals surface area contributed by atoms with Crippen molar-refractivity contribution in [3.8, 4) is 11.4 Å². The van der Waals surface area contributed by atoms with Crippen LogP contribution in [0.1, 0.15) is 50.4 Å². The van der Waals surface area contributed by atoms with Crippen LogP contribution in [0.25, 0.3) is 11.4 Å². The van der Waals surface area contributed by atoms with Crippen molar-refractivity contribution in [3.05, 3.63) is 23.7 Å². The fourth-order valence-corrected chi connectivity index (χ4v) is 4.01. The first kappa shape index (κ1) is 20.8. The molecular formula is C20H26F2N6O2. The molecule has 0 spiro atoms. The Morgan fingerprint density at radius 2 is 1.77 bits per heavy atom. The summed E-state index contributed by atoms with van der Waals surface area (Å²) in [5.74, 6) is 1.38. The minimum atomic E-state index is -2.72. The Kier molecular flexibility index (Phi) is 6.05. The Hall–Kier alpha value is -2.46. The number of morpholine rings is 1. The van der Waals surface area contributed by atoms with E-state index in [-0.39, 0.29) is 40.8 Å². The number of aromatic nitrogens is 4. The normalized spacial score (nSPS) is 23.2. The van der Waals surface area contributed by atoms with Gasteiger partial charge in [0.25, 0.3) is 6.43 Å². The summed E-state index contributed by atoms with van der Waals surface area (Å²) < 4.78 is 38.5. The van der Waals surface area contributed by atoms with Gasteiger partial charge in [-0.15, -0.1) is 0 Å². The zero-order valence-electron chi connectivity index (χ0n) is 17.1. The fraction of sp³-hybridized carbons (Fsp3) is 0.600. The van der Waals surface area contributed by atoms with E-state index in [9.17, 15) is 8.78 Å². The number of anilines is 2. The molecule has 0 aliphatic carbocycles. The Labute approximate surface area is 173 Å². The van der Waals surface area contributed by atoms with Crippen LogP contribution in [0, 0.1) is 0 Å². The molecule has 0 radical (unpaired) electrons. The van der Waals surface area contributed by atoms with Gasteiger partial charge >= 0.3 is 0 Å². The van der Waals surface area contributed by atoms with Gasteiger partial charge in [-0.25, -0.2) is 18.7 Å². The van der Waals surface area contributed by atoms with Gasteiger partial charge in [-0.3, -0.25) is 0 Å². The standard InChI is InChI=1S/C20H26F2N6O2/c1-11-9-30-10-12(2)28(11)20-26-18(13-3-5-29-6-4-13)25-19(27-20)15-8-24-16(23)7-14(15)17(21)22/h7-8,11-13,17H,3-6,9-10H2,1-2H3,(H2,23,24)/t11-,12+. The Bertz CT molecular complexity index is 884. The molecule has 0 saturated carbocycles. The zero-order valence-corrected chi connectivity index (χ0v) is 17.1. The van der Waals surface area contributed by atoms with E-state index < -0.39 is 6.43 Å². The lowest BCUT2D eigenvalue weighted by Crippen LogP contribution is -2.50. The summed E-state index contributed by atoms with van der Waals surface area (Å²) in [6.07, 6.45) is 0.145. The quantitative estimate of drug-likeness (QED) is 0.806. The van der Waals surface area contributed by atoms with Crippen LogP contribution in [-0.2, 0) is 9.47 Å². The van der Waals surface area contributed by atoms with E-state index >= 15 is 0 Å². The first-order chi connectivity index (χ1) is 14.4. The van der Waals surface area contributed by atoms with E-state index in [4.69, 9.17) is 20.2 Å². The minimum absolute atomic E-state index is 0.0309. The summed E-state index contributed by atoms with van der Waals surface area (Å²) in [6.45, 7) is 6.40. The van der Waals surface area contributed by atoms with E-state index in [0.717, 1.165) is 12.8 Å². The number of hydrogen-bond acceptors (Lipinski definition) is 8.